The summed E-state index contributed by atoms with van der Waals surface area (Å²) in [5.41, 5.74) is 0. The first-order chi connectivity index (χ1) is 3.60. The summed E-state index contributed by atoms with van der Waals surface area (Å²) in [5.74, 6) is 0.410. The van der Waals surface area contributed by atoms with E-state index in [1.165, 1.54) is 0 Å². The van der Waals surface area contributed by atoms with E-state index < -0.39 is 9.84 Å². The molecular weight excluding hydrogens is 124 g/mol. The van der Waals surface area contributed by atoms with Gasteiger partial charge in [0.2, 0.25) is 0 Å². The molecule has 1 rings (SSSR count). The van der Waals surface area contributed by atoms with Crippen LogP contribution in [0.15, 0.2) is 6.08 Å². The number of hydrogen-bond donors (Lipinski definition) is 0. The van der Waals surface area contributed by atoms with Crippen molar-refractivity contribution >= 4 is 9.84 Å². The van der Waals surface area contributed by atoms with E-state index in [-0.39, 0.29) is 11.7 Å². The predicted molar refractivity (Wildman–Crippen MR) is 30.8 cm³/mol. The topological polar surface area (TPSA) is 34.1 Å². The maximum Gasteiger partial charge on any atom is 0.179 e. The fraction of sp³-hybridized carbons (Fsp3) is 0.600. The molecule has 1 atom stereocenters. The molecule has 45 valence electrons. The zero-order chi connectivity index (χ0) is 6.20. The second kappa shape index (κ2) is 1.58. The summed E-state index contributed by atoms with van der Waals surface area (Å²) < 4.78 is 21.0. The van der Waals surface area contributed by atoms with Crippen molar-refractivity contribution in [1.29, 1.82) is 0 Å². The van der Waals surface area contributed by atoms with Gasteiger partial charge in [-0.15, -0.1) is 0 Å². The highest BCUT2D eigenvalue weighted by atomic mass is 32.2. The molecule has 0 bridgehead atoms. The first-order valence-electron chi connectivity index (χ1n) is 2.43. The Kier molecular flexibility index (Phi) is 1.15. The molecule has 0 saturated carbocycles. The molecule has 1 radical (unpaired) electrons. The van der Waals surface area contributed by atoms with Gasteiger partial charge in [-0.1, -0.05) is 13.0 Å². The Morgan fingerprint density at radius 3 is 2.50 bits per heavy atom. The maximum absolute atomic E-state index is 10.5. The molecule has 1 unspecified atom stereocenters. The zero-order valence-electron chi connectivity index (χ0n) is 4.59. The Morgan fingerprint density at radius 1 is 1.75 bits per heavy atom. The Hall–Kier alpha value is -0.310. The molecule has 2 nitrogen and oxygen atoms in total. The van der Waals surface area contributed by atoms with Crippen LogP contribution < -0.4 is 0 Å². The highest BCUT2D eigenvalue weighted by molar-refractivity contribution is 7.93. The molecule has 0 N–H and O–H groups in total. The Bertz CT molecular complexity index is 200. The second-order valence-corrected chi connectivity index (χ2v) is 3.84. The minimum Gasteiger partial charge on any atom is -0.224 e. The molecule has 1 aliphatic heterocycles. The molecule has 1 aliphatic rings. The Labute approximate surface area is 49.1 Å². The minimum absolute atomic E-state index is 0.167. The largest absolute Gasteiger partial charge is 0.224 e. The van der Waals surface area contributed by atoms with Gasteiger partial charge >= 0.3 is 0 Å². The van der Waals surface area contributed by atoms with Crippen molar-refractivity contribution in [2.45, 2.75) is 6.92 Å². The van der Waals surface area contributed by atoms with Gasteiger partial charge in [-0.3, -0.25) is 0 Å². The van der Waals surface area contributed by atoms with Gasteiger partial charge in [0.25, 0.3) is 0 Å². The first-order valence-corrected chi connectivity index (χ1v) is 4.09. The van der Waals surface area contributed by atoms with Crippen molar-refractivity contribution in [2.24, 2.45) is 5.92 Å². The molecule has 0 saturated heterocycles. The van der Waals surface area contributed by atoms with E-state index in [0.717, 1.165) is 0 Å². The highest BCUT2D eigenvalue weighted by Gasteiger charge is 2.17. The third-order valence-corrected chi connectivity index (χ3v) is 2.47. The van der Waals surface area contributed by atoms with Crippen LogP contribution >= 0.6 is 0 Å². The van der Waals surface area contributed by atoms with Gasteiger partial charge in [0.15, 0.2) is 9.84 Å². The highest BCUT2D eigenvalue weighted by Crippen LogP contribution is 2.11. The monoisotopic (exact) mass is 131 g/mol. The standard InChI is InChI=1S/C5H7O2S/c1-5-2-3-8(6,7)4-5/h2,5H,4H2,1H3. The fourth-order valence-electron chi connectivity index (χ4n) is 0.662. The van der Waals surface area contributed by atoms with Crippen molar-refractivity contribution in [3.63, 3.8) is 0 Å². The van der Waals surface area contributed by atoms with Gasteiger partial charge in [-0.05, 0) is 5.92 Å². The zero-order valence-corrected chi connectivity index (χ0v) is 5.40. The van der Waals surface area contributed by atoms with Crippen molar-refractivity contribution in [3.05, 3.63) is 11.5 Å². The van der Waals surface area contributed by atoms with Crippen LogP contribution in [0.2, 0.25) is 0 Å². The van der Waals surface area contributed by atoms with Gasteiger partial charge < -0.3 is 0 Å². The number of hydrogen-bond acceptors (Lipinski definition) is 2. The van der Waals surface area contributed by atoms with Gasteiger partial charge in [-0.2, -0.15) is 0 Å². The van der Waals surface area contributed by atoms with Crippen LogP contribution in [0.3, 0.4) is 0 Å². The van der Waals surface area contributed by atoms with Crippen LogP contribution in [0.4, 0.5) is 0 Å². The van der Waals surface area contributed by atoms with E-state index in [1.807, 2.05) is 6.92 Å². The maximum atomic E-state index is 10.5. The molecular formula is C5H7O2S. The second-order valence-electron chi connectivity index (χ2n) is 2.04. The van der Waals surface area contributed by atoms with Crippen LogP contribution in [0.25, 0.3) is 0 Å². The molecule has 0 aromatic rings. The molecule has 0 aromatic carbocycles. The molecule has 8 heavy (non-hydrogen) atoms. The van der Waals surface area contributed by atoms with E-state index in [0.29, 0.717) is 0 Å². The lowest BCUT2D eigenvalue weighted by molar-refractivity contribution is 0.601. The molecule has 3 heteroatoms. The van der Waals surface area contributed by atoms with Crippen molar-refractivity contribution < 1.29 is 8.42 Å². The quantitative estimate of drug-likeness (QED) is 0.476. The summed E-state index contributed by atoms with van der Waals surface area (Å²) in [6, 6.07) is 0. The smallest absolute Gasteiger partial charge is 0.179 e. The van der Waals surface area contributed by atoms with Gasteiger partial charge in [0.1, 0.15) is 0 Å². The normalized spacial score (nSPS) is 33.4. The van der Waals surface area contributed by atoms with E-state index >= 15 is 0 Å². The van der Waals surface area contributed by atoms with E-state index in [9.17, 15) is 8.42 Å². The molecule has 0 amide bonds. The van der Waals surface area contributed by atoms with Gasteiger partial charge in [-0.25, -0.2) is 8.42 Å². The molecule has 1 heterocycles. The average molecular weight is 131 g/mol. The lowest BCUT2D eigenvalue weighted by Gasteiger charge is -1.90. The fourth-order valence-corrected chi connectivity index (χ4v) is 1.99. The molecule has 0 aromatic heterocycles. The van der Waals surface area contributed by atoms with Crippen LogP contribution in [0, 0.1) is 11.3 Å². The van der Waals surface area contributed by atoms with Crippen LogP contribution in [-0.2, 0) is 9.84 Å². The summed E-state index contributed by atoms with van der Waals surface area (Å²) in [5, 5.41) is 2.29. The van der Waals surface area contributed by atoms with Crippen LogP contribution in [0.1, 0.15) is 6.92 Å². The number of rotatable bonds is 0. The van der Waals surface area contributed by atoms with Gasteiger partial charge in [0, 0.05) is 0 Å². The third-order valence-electron chi connectivity index (χ3n) is 1.01. The third kappa shape index (κ3) is 1.10. The lowest BCUT2D eigenvalue weighted by Crippen LogP contribution is -2.00. The summed E-state index contributed by atoms with van der Waals surface area (Å²) in [6.07, 6.45) is 1.59. The number of allylic oxidation sites excluding steroid dienone is 1. The Morgan fingerprint density at radius 2 is 2.38 bits per heavy atom. The average Bonchev–Trinajstić information content (AvgIpc) is 1.82. The van der Waals surface area contributed by atoms with Crippen LogP contribution in [0.5, 0.6) is 0 Å². The van der Waals surface area contributed by atoms with Gasteiger partial charge in [0.05, 0.1) is 11.2 Å². The minimum atomic E-state index is -2.90. The van der Waals surface area contributed by atoms with Crippen LogP contribution in [-0.4, -0.2) is 14.2 Å². The summed E-state index contributed by atoms with van der Waals surface area (Å²) in [7, 11) is -2.90. The summed E-state index contributed by atoms with van der Waals surface area (Å²) in [4.78, 5) is 0. The van der Waals surface area contributed by atoms with Crippen molar-refractivity contribution in [1.82, 2.24) is 0 Å². The van der Waals surface area contributed by atoms with Crippen molar-refractivity contribution in [2.75, 3.05) is 5.75 Å². The molecule has 0 fully saturated rings. The van der Waals surface area contributed by atoms with E-state index in [2.05, 4.69) is 5.41 Å². The molecule has 0 aliphatic carbocycles. The van der Waals surface area contributed by atoms with E-state index in [1.54, 1.807) is 6.08 Å². The van der Waals surface area contributed by atoms with Crippen molar-refractivity contribution in [3.8, 4) is 0 Å². The summed E-state index contributed by atoms with van der Waals surface area (Å²) in [6.45, 7) is 1.86. The Balaban J connectivity index is 2.89. The molecule has 0 spiro atoms. The SMILES string of the molecule is CC1C=[C]S(=O)(=O)C1. The van der Waals surface area contributed by atoms with E-state index in [4.69, 9.17) is 0 Å². The predicted octanol–water partition coefficient (Wildman–Crippen LogP) is 0.368. The summed E-state index contributed by atoms with van der Waals surface area (Å²) >= 11 is 0. The number of sulfone groups is 1. The first kappa shape index (κ1) is 5.82. The lowest BCUT2D eigenvalue weighted by atomic mass is 10.2.